The van der Waals surface area contributed by atoms with Crippen molar-refractivity contribution in [3.63, 3.8) is 0 Å². The minimum atomic E-state index is -0.270. The zero-order chi connectivity index (χ0) is 14.7. The van der Waals surface area contributed by atoms with E-state index in [1.54, 1.807) is 12.1 Å². The van der Waals surface area contributed by atoms with Gasteiger partial charge < -0.3 is 9.84 Å². The molecule has 0 amide bonds. The van der Waals surface area contributed by atoms with Crippen molar-refractivity contribution in [3.05, 3.63) is 36.0 Å². The first-order valence-corrected chi connectivity index (χ1v) is 7.23. The topological polar surface area (TPSA) is 54.2 Å². The molecular weight excluding hydrogens is 307 g/mol. The van der Waals surface area contributed by atoms with Crippen LogP contribution in [0, 0.1) is 5.82 Å². The summed E-state index contributed by atoms with van der Waals surface area (Å²) in [4.78, 5) is 6.70. The molecule has 0 bridgehead atoms. The van der Waals surface area contributed by atoms with Crippen LogP contribution in [0.15, 0.2) is 28.8 Å². The molecule has 1 aromatic heterocycles. The molecule has 2 heterocycles. The molecule has 0 spiro atoms. The Morgan fingerprint density at radius 1 is 1.36 bits per heavy atom. The van der Waals surface area contributed by atoms with Crippen LogP contribution in [0.1, 0.15) is 18.7 Å². The first kappa shape index (κ1) is 16.9. The molecule has 1 aliphatic heterocycles. The molecule has 3 rings (SSSR count). The van der Waals surface area contributed by atoms with Gasteiger partial charge in [0.25, 0.3) is 0 Å². The second-order valence-electron chi connectivity index (χ2n) is 5.38. The van der Waals surface area contributed by atoms with Crippen LogP contribution >= 0.6 is 12.4 Å². The second kappa shape index (κ2) is 7.67. The maximum absolute atomic E-state index is 12.9. The van der Waals surface area contributed by atoms with E-state index in [1.165, 1.54) is 25.0 Å². The van der Waals surface area contributed by atoms with Crippen LogP contribution < -0.4 is 5.32 Å². The zero-order valence-electron chi connectivity index (χ0n) is 12.5. The maximum atomic E-state index is 12.9. The highest BCUT2D eigenvalue weighted by atomic mass is 35.5. The highest BCUT2D eigenvalue weighted by Crippen LogP contribution is 2.18. The average Bonchev–Trinajstić information content (AvgIpc) is 2.96. The molecule has 5 nitrogen and oxygen atoms in total. The Morgan fingerprint density at radius 2 is 2.14 bits per heavy atom. The van der Waals surface area contributed by atoms with Gasteiger partial charge in [0, 0.05) is 18.2 Å². The van der Waals surface area contributed by atoms with Crippen molar-refractivity contribution in [2.24, 2.45) is 0 Å². The predicted octanol–water partition coefficient (Wildman–Crippen LogP) is 2.48. The number of benzene rings is 1. The molecule has 0 saturated carbocycles. The Balaban J connectivity index is 0.00000176. The van der Waals surface area contributed by atoms with E-state index in [4.69, 9.17) is 4.52 Å². The third kappa shape index (κ3) is 4.03. The monoisotopic (exact) mass is 326 g/mol. The van der Waals surface area contributed by atoms with Crippen LogP contribution in [-0.2, 0) is 6.54 Å². The molecule has 1 fully saturated rings. The highest BCUT2D eigenvalue weighted by molar-refractivity contribution is 5.85. The lowest BCUT2D eigenvalue weighted by molar-refractivity contribution is 0.167. The van der Waals surface area contributed by atoms with Crippen molar-refractivity contribution in [1.82, 2.24) is 20.4 Å². The lowest BCUT2D eigenvalue weighted by Gasteiger charge is -2.31. The van der Waals surface area contributed by atoms with Gasteiger partial charge >= 0.3 is 0 Å². The van der Waals surface area contributed by atoms with Crippen molar-refractivity contribution in [2.75, 3.05) is 20.1 Å². The number of hydrogen-bond acceptors (Lipinski definition) is 5. The molecule has 1 aromatic carbocycles. The molecular formula is C15H20ClFN4O. The second-order valence-corrected chi connectivity index (χ2v) is 5.38. The third-order valence-electron chi connectivity index (χ3n) is 3.84. The summed E-state index contributed by atoms with van der Waals surface area (Å²) in [5, 5.41) is 7.28. The quantitative estimate of drug-likeness (QED) is 0.935. The summed E-state index contributed by atoms with van der Waals surface area (Å²) in [6.07, 6.45) is 2.38. The number of likely N-dealkylation sites (tertiary alicyclic amines) is 1. The van der Waals surface area contributed by atoms with E-state index in [9.17, 15) is 4.39 Å². The first-order chi connectivity index (χ1) is 10.2. The Hall–Kier alpha value is -1.50. The van der Waals surface area contributed by atoms with E-state index >= 15 is 0 Å². The Labute approximate surface area is 135 Å². The number of likely N-dealkylation sites (N-methyl/N-ethyl adjacent to an activating group) is 1. The van der Waals surface area contributed by atoms with Gasteiger partial charge in [-0.25, -0.2) is 4.39 Å². The SMILES string of the molecule is CNC1CCCN(Cc2nc(-c3ccc(F)cc3)no2)C1.Cl. The third-order valence-corrected chi connectivity index (χ3v) is 3.84. The normalized spacial score (nSPS) is 18.9. The lowest BCUT2D eigenvalue weighted by Crippen LogP contribution is -2.43. The summed E-state index contributed by atoms with van der Waals surface area (Å²) in [6, 6.07) is 6.63. The molecule has 1 N–H and O–H groups in total. The average molecular weight is 327 g/mol. The number of nitrogens with one attached hydrogen (secondary N) is 1. The van der Waals surface area contributed by atoms with Crippen molar-refractivity contribution < 1.29 is 8.91 Å². The van der Waals surface area contributed by atoms with Gasteiger partial charge in [-0.3, -0.25) is 4.90 Å². The molecule has 1 saturated heterocycles. The summed E-state index contributed by atoms with van der Waals surface area (Å²) in [5.41, 5.74) is 0.762. The molecule has 0 aliphatic carbocycles. The van der Waals surface area contributed by atoms with Crippen LogP contribution in [-0.4, -0.2) is 41.2 Å². The Morgan fingerprint density at radius 3 is 2.86 bits per heavy atom. The minimum Gasteiger partial charge on any atom is -0.338 e. The lowest BCUT2D eigenvalue weighted by atomic mass is 10.1. The number of hydrogen-bond donors (Lipinski definition) is 1. The van der Waals surface area contributed by atoms with Gasteiger partial charge in [-0.2, -0.15) is 4.98 Å². The number of rotatable bonds is 4. The maximum Gasteiger partial charge on any atom is 0.241 e. The van der Waals surface area contributed by atoms with E-state index < -0.39 is 0 Å². The van der Waals surface area contributed by atoms with E-state index in [-0.39, 0.29) is 18.2 Å². The predicted molar refractivity (Wildman–Crippen MR) is 84.3 cm³/mol. The smallest absolute Gasteiger partial charge is 0.241 e. The van der Waals surface area contributed by atoms with E-state index in [0.717, 1.165) is 18.7 Å². The van der Waals surface area contributed by atoms with Crippen molar-refractivity contribution in [2.45, 2.75) is 25.4 Å². The largest absolute Gasteiger partial charge is 0.338 e. The molecule has 7 heteroatoms. The molecule has 0 radical (unpaired) electrons. The minimum absolute atomic E-state index is 0. The van der Waals surface area contributed by atoms with Crippen molar-refractivity contribution in [1.29, 1.82) is 0 Å². The molecule has 2 aromatic rings. The molecule has 22 heavy (non-hydrogen) atoms. The molecule has 1 atom stereocenters. The molecule has 1 aliphatic rings. The highest BCUT2D eigenvalue weighted by Gasteiger charge is 2.20. The van der Waals surface area contributed by atoms with E-state index in [0.29, 0.717) is 24.3 Å². The summed E-state index contributed by atoms with van der Waals surface area (Å²) >= 11 is 0. The number of aromatic nitrogens is 2. The van der Waals surface area contributed by atoms with Gasteiger partial charge in [-0.15, -0.1) is 12.4 Å². The molecule has 1 unspecified atom stereocenters. The fourth-order valence-electron chi connectivity index (χ4n) is 2.66. The van der Waals surface area contributed by atoms with Crippen LogP contribution in [0.3, 0.4) is 0 Å². The standard InChI is InChI=1S/C15H19FN4O.ClH/c1-17-13-3-2-8-20(9-13)10-14-18-15(19-21-14)11-4-6-12(16)7-5-11;/h4-7,13,17H,2-3,8-10H2,1H3;1H. The summed E-state index contributed by atoms with van der Waals surface area (Å²) in [7, 11) is 1.99. The summed E-state index contributed by atoms with van der Waals surface area (Å²) in [6.45, 7) is 2.70. The Bertz CT molecular complexity index is 589. The fourth-order valence-corrected chi connectivity index (χ4v) is 2.66. The fraction of sp³-hybridized carbons (Fsp3) is 0.467. The van der Waals surface area contributed by atoms with Gasteiger partial charge in [-0.05, 0) is 50.7 Å². The van der Waals surface area contributed by atoms with E-state index in [1.807, 2.05) is 7.05 Å². The van der Waals surface area contributed by atoms with Crippen LogP contribution in [0.4, 0.5) is 4.39 Å². The van der Waals surface area contributed by atoms with Crippen molar-refractivity contribution >= 4 is 12.4 Å². The summed E-state index contributed by atoms with van der Waals surface area (Å²) in [5.74, 6) is 0.840. The van der Waals surface area contributed by atoms with Gasteiger partial charge in [0.15, 0.2) is 0 Å². The van der Waals surface area contributed by atoms with Crippen LogP contribution in [0.25, 0.3) is 11.4 Å². The Kier molecular flexibility index (Phi) is 5.88. The first-order valence-electron chi connectivity index (χ1n) is 7.23. The number of halogens is 2. The van der Waals surface area contributed by atoms with Crippen molar-refractivity contribution in [3.8, 4) is 11.4 Å². The van der Waals surface area contributed by atoms with E-state index in [2.05, 4.69) is 20.4 Å². The summed E-state index contributed by atoms with van der Waals surface area (Å²) < 4.78 is 18.2. The van der Waals surface area contributed by atoms with Gasteiger partial charge in [0.1, 0.15) is 5.82 Å². The van der Waals surface area contributed by atoms with Crippen LogP contribution in [0.2, 0.25) is 0 Å². The van der Waals surface area contributed by atoms with Crippen LogP contribution in [0.5, 0.6) is 0 Å². The van der Waals surface area contributed by atoms with Gasteiger partial charge in [0.05, 0.1) is 6.54 Å². The number of piperidine rings is 1. The van der Waals surface area contributed by atoms with Gasteiger partial charge in [0.2, 0.25) is 11.7 Å². The van der Waals surface area contributed by atoms with Gasteiger partial charge in [-0.1, -0.05) is 5.16 Å². The number of nitrogens with zero attached hydrogens (tertiary/aromatic N) is 3. The zero-order valence-corrected chi connectivity index (χ0v) is 13.3. The molecule has 120 valence electrons.